The maximum atomic E-state index is 4.81. The van der Waals surface area contributed by atoms with Crippen LogP contribution in [0.2, 0.25) is 0 Å². The lowest BCUT2D eigenvalue weighted by Gasteiger charge is -2.33. The molecule has 0 aliphatic heterocycles. The molecule has 1 aliphatic carbocycles. The molecule has 0 spiro atoms. The molecular formula is C17H31N3S. The molecule has 1 heterocycles. The third kappa shape index (κ3) is 5.68. The summed E-state index contributed by atoms with van der Waals surface area (Å²) in [5, 5.41) is 6.97. The summed E-state index contributed by atoms with van der Waals surface area (Å²) in [5.74, 6) is 0. The lowest BCUT2D eigenvalue weighted by molar-refractivity contribution is 0.154. The van der Waals surface area contributed by atoms with Crippen LogP contribution in [-0.4, -0.2) is 28.0 Å². The Bertz CT molecular complexity index is 416. The van der Waals surface area contributed by atoms with E-state index >= 15 is 0 Å². The minimum absolute atomic E-state index is 0.156. The quantitative estimate of drug-likeness (QED) is 0.854. The van der Waals surface area contributed by atoms with Crippen molar-refractivity contribution in [2.45, 2.75) is 84.5 Å². The Labute approximate surface area is 134 Å². The molecule has 1 aliphatic rings. The summed E-state index contributed by atoms with van der Waals surface area (Å²) < 4.78 is 0. The second-order valence-corrected chi connectivity index (χ2v) is 8.13. The van der Waals surface area contributed by atoms with E-state index in [1.807, 2.05) is 0 Å². The number of rotatable bonds is 6. The first-order valence-corrected chi connectivity index (χ1v) is 9.28. The van der Waals surface area contributed by atoms with Crippen LogP contribution in [0.5, 0.6) is 0 Å². The van der Waals surface area contributed by atoms with Gasteiger partial charge in [0.25, 0.3) is 0 Å². The van der Waals surface area contributed by atoms with E-state index in [1.54, 1.807) is 11.3 Å². The minimum Gasteiger partial charge on any atom is -0.306 e. The molecular weight excluding hydrogens is 278 g/mol. The highest BCUT2D eigenvalue weighted by Gasteiger charge is 2.20. The number of hydrogen-bond donors (Lipinski definition) is 1. The summed E-state index contributed by atoms with van der Waals surface area (Å²) in [6.07, 6.45) is 6.97. The Morgan fingerprint density at radius 1 is 1.29 bits per heavy atom. The number of nitrogens with zero attached hydrogens (tertiary/aromatic N) is 2. The SMILES string of the molecule is CCN(Cc1csc(CNC(C)(C)C)n1)C1CCCCC1. The van der Waals surface area contributed by atoms with Crippen molar-refractivity contribution >= 4 is 11.3 Å². The average molecular weight is 310 g/mol. The van der Waals surface area contributed by atoms with E-state index in [0.717, 1.165) is 25.7 Å². The largest absolute Gasteiger partial charge is 0.306 e. The predicted molar refractivity (Wildman–Crippen MR) is 91.7 cm³/mol. The zero-order valence-electron chi connectivity index (χ0n) is 14.1. The van der Waals surface area contributed by atoms with Gasteiger partial charge in [0.15, 0.2) is 0 Å². The summed E-state index contributed by atoms with van der Waals surface area (Å²) in [5.41, 5.74) is 1.40. The van der Waals surface area contributed by atoms with Gasteiger partial charge in [-0.1, -0.05) is 26.2 Å². The van der Waals surface area contributed by atoms with Crippen molar-refractivity contribution in [2.75, 3.05) is 6.54 Å². The Morgan fingerprint density at radius 3 is 2.62 bits per heavy atom. The Hall–Kier alpha value is -0.450. The van der Waals surface area contributed by atoms with Gasteiger partial charge in [-0.25, -0.2) is 4.98 Å². The molecule has 3 nitrogen and oxygen atoms in total. The molecule has 1 saturated carbocycles. The van der Waals surface area contributed by atoms with Gasteiger partial charge in [0.05, 0.1) is 5.69 Å². The average Bonchev–Trinajstić information content (AvgIpc) is 2.90. The molecule has 2 rings (SSSR count). The maximum absolute atomic E-state index is 4.81. The topological polar surface area (TPSA) is 28.2 Å². The molecule has 1 fully saturated rings. The normalized spacial score (nSPS) is 17.6. The van der Waals surface area contributed by atoms with Crippen LogP contribution in [-0.2, 0) is 13.1 Å². The summed E-state index contributed by atoms with van der Waals surface area (Å²) in [6.45, 7) is 11.9. The van der Waals surface area contributed by atoms with Crippen LogP contribution < -0.4 is 5.32 Å². The maximum Gasteiger partial charge on any atom is 0.107 e. The van der Waals surface area contributed by atoms with E-state index in [1.165, 1.54) is 42.8 Å². The van der Waals surface area contributed by atoms with Crippen LogP contribution in [0.4, 0.5) is 0 Å². The van der Waals surface area contributed by atoms with E-state index in [0.29, 0.717) is 0 Å². The summed E-state index contributed by atoms with van der Waals surface area (Å²) in [6, 6.07) is 0.779. The molecule has 0 amide bonds. The van der Waals surface area contributed by atoms with Crippen LogP contribution in [0.1, 0.15) is 70.5 Å². The van der Waals surface area contributed by atoms with E-state index in [-0.39, 0.29) is 5.54 Å². The van der Waals surface area contributed by atoms with Gasteiger partial charge in [0, 0.05) is 30.1 Å². The van der Waals surface area contributed by atoms with E-state index in [4.69, 9.17) is 4.98 Å². The van der Waals surface area contributed by atoms with Crippen molar-refractivity contribution in [3.8, 4) is 0 Å². The third-order valence-electron chi connectivity index (χ3n) is 4.23. The van der Waals surface area contributed by atoms with Crippen LogP contribution in [0, 0.1) is 0 Å². The molecule has 1 aromatic rings. The van der Waals surface area contributed by atoms with Crippen molar-refractivity contribution in [1.82, 2.24) is 15.2 Å². The molecule has 1 N–H and O–H groups in total. The summed E-state index contributed by atoms with van der Waals surface area (Å²) >= 11 is 1.79. The molecule has 21 heavy (non-hydrogen) atoms. The summed E-state index contributed by atoms with van der Waals surface area (Å²) in [7, 11) is 0. The first-order chi connectivity index (χ1) is 9.98. The lowest BCUT2D eigenvalue weighted by atomic mass is 9.94. The number of aromatic nitrogens is 1. The van der Waals surface area contributed by atoms with Gasteiger partial charge in [-0.3, -0.25) is 4.90 Å². The van der Waals surface area contributed by atoms with E-state index < -0.39 is 0 Å². The molecule has 4 heteroatoms. The fourth-order valence-corrected chi connectivity index (χ4v) is 3.72. The second kappa shape index (κ2) is 7.70. The molecule has 0 aromatic carbocycles. The van der Waals surface area contributed by atoms with E-state index in [2.05, 4.69) is 43.3 Å². The van der Waals surface area contributed by atoms with Gasteiger partial charge in [0.2, 0.25) is 0 Å². The monoisotopic (exact) mass is 309 g/mol. The highest BCUT2D eigenvalue weighted by molar-refractivity contribution is 7.09. The van der Waals surface area contributed by atoms with Crippen LogP contribution in [0.15, 0.2) is 5.38 Å². The Kier molecular flexibility index (Phi) is 6.20. The molecule has 0 saturated heterocycles. The third-order valence-corrected chi connectivity index (χ3v) is 5.13. The molecule has 0 bridgehead atoms. The van der Waals surface area contributed by atoms with Crippen molar-refractivity contribution < 1.29 is 0 Å². The van der Waals surface area contributed by atoms with Gasteiger partial charge in [-0.2, -0.15) is 0 Å². The fraction of sp³-hybridized carbons (Fsp3) is 0.824. The molecule has 120 valence electrons. The van der Waals surface area contributed by atoms with Crippen LogP contribution in [0.3, 0.4) is 0 Å². The molecule has 0 atom stereocenters. The second-order valence-electron chi connectivity index (χ2n) is 7.19. The Balaban J connectivity index is 1.87. The Morgan fingerprint density at radius 2 is 2.00 bits per heavy atom. The van der Waals surface area contributed by atoms with Gasteiger partial charge in [-0.15, -0.1) is 11.3 Å². The molecule has 0 radical (unpaired) electrons. The smallest absolute Gasteiger partial charge is 0.107 e. The molecule has 0 unspecified atom stereocenters. The predicted octanol–water partition coefficient (Wildman–Crippen LogP) is 4.19. The van der Waals surface area contributed by atoms with Gasteiger partial charge in [-0.05, 0) is 40.2 Å². The number of thiazole rings is 1. The van der Waals surface area contributed by atoms with Crippen LogP contribution in [0.25, 0.3) is 0 Å². The summed E-state index contributed by atoms with van der Waals surface area (Å²) in [4.78, 5) is 7.43. The van der Waals surface area contributed by atoms with Crippen molar-refractivity contribution in [2.24, 2.45) is 0 Å². The highest BCUT2D eigenvalue weighted by atomic mass is 32.1. The van der Waals surface area contributed by atoms with Crippen molar-refractivity contribution in [1.29, 1.82) is 0 Å². The zero-order valence-corrected chi connectivity index (χ0v) is 14.9. The van der Waals surface area contributed by atoms with Gasteiger partial charge < -0.3 is 5.32 Å². The van der Waals surface area contributed by atoms with Crippen LogP contribution >= 0.6 is 11.3 Å². The first kappa shape index (κ1) is 16.9. The van der Waals surface area contributed by atoms with E-state index in [9.17, 15) is 0 Å². The van der Waals surface area contributed by atoms with Crippen molar-refractivity contribution in [3.63, 3.8) is 0 Å². The van der Waals surface area contributed by atoms with Gasteiger partial charge in [0.1, 0.15) is 5.01 Å². The first-order valence-electron chi connectivity index (χ1n) is 8.40. The molecule has 1 aromatic heterocycles. The fourth-order valence-electron chi connectivity index (χ4n) is 3.00. The van der Waals surface area contributed by atoms with Gasteiger partial charge >= 0.3 is 0 Å². The number of nitrogens with one attached hydrogen (secondary N) is 1. The minimum atomic E-state index is 0.156. The zero-order chi connectivity index (χ0) is 15.3. The number of hydrogen-bond acceptors (Lipinski definition) is 4. The highest BCUT2D eigenvalue weighted by Crippen LogP contribution is 2.24. The van der Waals surface area contributed by atoms with Crippen molar-refractivity contribution in [3.05, 3.63) is 16.1 Å². The lowest BCUT2D eigenvalue weighted by Crippen LogP contribution is -2.36. The standard InChI is InChI=1S/C17H31N3S/c1-5-20(15-9-7-6-8-10-15)12-14-13-21-16(19-14)11-18-17(2,3)4/h13,15,18H,5-12H2,1-4H3.